The van der Waals surface area contributed by atoms with Crippen molar-refractivity contribution in [2.75, 3.05) is 26.8 Å². The number of aryl methyl sites for hydroxylation is 1. The molecule has 0 saturated heterocycles. The van der Waals surface area contributed by atoms with E-state index < -0.39 is 0 Å². The van der Waals surface area contributed by atoms with Gasteiger partial charge in [-0.15, -0.1) is 0 Å². The summed E-state index contributed by atoms with van der Waals surface area (Å²) in [6.07, 6.45) is 1.79. The Balaban J connectivity index is 2.62. The number of esters is 1. The van der Waals surface area contributed by atoms with Crippen LogP contribution in [0, 0.1) is 0 Å². The van der Waals surface area contributed by atoms with E-state index in [1.165, 1.54) is 0 Å². The van der Waals surface area contributed by atoms with Crippen LogP contribution in [-0.2, 0) is 23.1 Å². The molecule has 0 unspecified atom stereocenters. The molecular weight excluding hydrogens is 258 g/mol. The Hall–Kier alpha value is -1.40. The zero-order valence-corrected chi connectivity index (χ0v) is 13.0. The van der Waals surface area contributed by atoms with Crippen LogP contribution in [0.2, 0.25) is 0 Å². The van der Waals surface area contributed by atoms with Crippen molar-refractivity contribution in [1.82, 2.24) is 14.7 Å². The number of hydrogen-bond donors (Lipinski definition) is 0. The Kier molecular flexibility index (Phi) is 6.67. The Morgan fingerprint density at radius 3 is 2.80 bits per heavy atom. The molecular formula is C14H25N3O3. The van der Waals surface area contributed by atoms with E-state index in [0.29, 0.717) is 25.3 Å². The highest BCUT2D eigenvalue weighted by atomic mass is 16.5. The number of nitrogens with zero attached hydrogens (tertiary/aromatic N) is 3. The molecule has 6 heteroatoms. The van der Waals surface area contributed by atoms with Crippen LogP contribution >= 0.6 is 0 Å². The normalized spacial score (nSPS) is 11.3. The van der Waals surface area contributed by atoms with Gasteiger partial charge in [0.2, 0.25) is 0 Å². The summed E-state index contributed by atoms with van der Waals surface area (Å²) in [4.78, 5) is 13.9. The van der Waals surface area contributed by atoms with Gasteiger partial charge in [0.25, 0.3) is 0 Å². The van der Waals surface area contributed by atoms with E-state index in [2.05, 4.69) is 10.00 Å². The Bertz CT molecular complexity index is 429. The molecule has 0 atom stereocenters. The Morgan fingerprint density at radius 1 is 1.50 bits per heavy atom. The van der Waals surface area contributed by atoms with Gasteiger partial charge in [0.15, 0.2) is 0 Å². The second kappa shape index (κ2) is 8.01. The fraction of sp³-hybridized carbons (Fsp3) is 0.714. The van der Waals surface area contributed by atoms with Crippen molar-refractivity contribution in [3.8, 4) is 0 Å². The second-order valence-electron chi connectivity index (χ2n) is 5.01. The topological polar surface area (TPSA) is 56.6 Å². The third-order valence-electron chi connectivity index (χ3n) is 2.90. The van der Waals surface area contributed by atoms with E-state index in [0.717, 1.165) is 12.2 Å². The number of carbonyl (C=O) groups is 1. The third kappa shape index (κ3) is 4.94. The Labute approximate surface area is 120 Å². The molecule has 114 valence electrons. The van der Waals surface area contributed by atoms with Crippen LogP contribution in [0.4, 0.5) is 0 Å². The highest BCUT2D eigenvalue weighted by molar-refractivity contribution is 5.90. The standard InChI is InChI=1S/C14H25N3O3/c1-6-19-14(18)12-9-15-17(5)13(12)10-16(4)7-8-20-11(2)3/h9,11H,6-8,10H2,1-5H3. The largest absolute Gasteiger partial charge is 0.462 e. The minimum atomic E-state index is -0.317. The molecule has 0 fully saturated rings. The molecule has 1 aromatic heterocycles. The summed E-state index contributed by atoms with van der Waals surface area (Å²) in [5.74, 6) is -0.317. The summed E-state index contributed by atoms with van der Waals surface area (Å²) in [6, 6.07) is 0. The highest BCUT2D eigenvalue weighted by Gasteiger charge is 2.18. The van der Waals surface area contributed by atoms with Crippen LogP contribution < -0.4 is 0 Å². The maximum Gasteiger partial charge on any atom is 0.341 e. The molecule has 1 rings (SSSR count). The molecule has 0 aliphatic heterocycles. The van der Waals surface area contributed by atoms with Crippen molar-refractivity contribution in [2.45, 2.75) is 33.4 Å². The zero-order valence-electron chi connectivity index (χ0n) is 13.0. The molecule has 0 N–H and O–H groups in total. The van der Waals surface area contributed by atoms with Crippen LogP contribution in [0.3, 0.4) is 0 Å². The summed E-state index contributed by atoms with van der Waals surface area (Å²) in [5.41, 5.74) is 1.39. The highest BCUT2D eigenvalue weighted by Crippen LogP contribution is 2.11. The maximum atomic E-state index is 11.8. The van der Waals surface area contributed by atoms with Crippen LogP contribution in [0.25, 0.3) is 0 Å². The molecule has 1 aromatic rings. The quantitative estimate of drug-likeness (QED) is 0.676. The first-order chi connectivity index (χ1) is 9.45. The van der Waals surface area contributed by atoms with Gasteiger partial charge in [-0.05, 0) is 27.8 Å². The fourth-order valence-corrected chi connectivity index (χ4v) is 1.81. The van der Waals surface area contributed by atoms with Crippen molar-refractivity contribution >= 4 is 5.97 Å². The van der Waals surface area contributed by atoms with E-state index in [9.17, 15) is 4.79 Å². The molecule has 1 heterocycles. The van der Waals surface area contributed by atoms with Gasteiger partial charge in [-0.1, -0.05) is 0 Å². The molecule has 6 nitrogen and oxygen atoms in total. The lowest BCUT2D eigenvalue weighted by Gasteiger charge is -2.18. The van der Waals surface area contributed by atoms with Crippen LogP contribution in [0.5, 0.6) is 0 Å². The lowest BCUT2D eigenvalue weighted by molar-refractivity contribution is 0.0521. The second-order valence-corrected chi connectivity index (χ2v) is 5.01. The molecule has 0 aliphatic rings. The summed E-state index contributed by atoms with van der Waals surface area (Å²) in [7, 11) is 3.82. The fourth-order valence-electron chi connectivity index (χ4n) is 1.81. The molecule has 0 amide bonds. The summed E-state index contributed by atoms with van der Waals surface area (Å²) in [5, 5.41) is 4.14. The van der Waals surface area contributed by atoms with Crippen molar-refractivity contribution in [3.63, 3.8) is 0 Å². The van der Waals surface area contributed by atoms with Crippen molar-refractivity contribution in [2.24, 2.45) is 7.05 Å². The van der Waals surface area contributed by atoms with E-state index in [-0.39, 0.29) is 12.1 Å². The van der Waals surface area contributed by atoms with Crippen LogP contribution in [-0.4, -0.2) is 53.6 Å². The van der Waals surface area contributed by atoms with Crippen LogP contribution in [0.15, 0.2) is 6.20 Å². The Morgan fingerprint density at radius 2 is 2.20 bits per heavy atom. The number of ether oxygens (including phenoxy) is 2. The van der Waals surface area contributed by atoms with Gasteiger partial charge in [0.1, 0.15) is 5.56 Å². The van der Waals surface area contributed by atoms with Crippen molar-refractivity contribution < 1.29 is 14.3 Å². The molecule has 0 spiro atoms. The molecule has 0 aliphatic carbocycles. The van der Waals surface area contributed by atoms with E-state index in [4.69, 9.17) is 9.47 Å². The van der Waals surface area contributed by atoms with E-state index in [1.807, 2.05) is 27.9 Å². The summed E-state index contributed by atoms with van der Waals surface area (Å²) >= 11 is 0. The van der Waals surface area contributed by atoms with Gasteiger partial charge in [0, 0.05) is 20.1 Å². The minimum Gasteiger partial charge on any atom is -0.462 e. The van der Waals surface area contributed by atoms with Crippen molar-refractivity contribution in [3.05, 3.63) is 17.5 Å². The molecule has 0 radical (unpaired) electrons. The smallest absolute Gasteiger partial charge is 0.341 e. The van der Waals surface area contributed by atoms with Gasteiger partial charge >= 0.3 is 5.97 Å². The first-order valence-electron chi connectivity index (χ1n) is 6.93. The average molecular weight is 283 g/mol. The molecule has 20 heavy (non-hydrogen) atoms. The molecule has 0 saturated carbocycles. The predicted octanol–water partition coefficient (Wildman–Crippen LogP) is 1.45. The number of hydrogen-bond acceptors (Lipinski definition) is 5. The number of carbonyl (C=O) groups excluding carboxylic acids is 1. The monoisotopic (exact) mass is 283 g/mol. The average Bonchev–Trinajstić information content (AvgIpc) is 2.71. The van der Waals surface area contributed by atoms with Gasteiger partial charge in [-0.2, -0.15) is 5.10 Å². The third-order valence-corrected chi connectivity index (χ3v) is 2.90. The molecule has 0 aromatic carbocycles. The summed E-state index contributed by atoms with van der Waals surface area (Å²) in [6.45, 7) is 8.28. The van der Waals surface area contributed by atoms with E-state index in [1.54, 1.807) is 17.8 Å². The SMILES string of the molecule is CCOC(=O)c1cnn(C)c1CN(C)CCOC(C)C. The van der Waals surface area contributed by atoms with E-state index >= 15 is 0 Å². The van der Waals surface area contributed by atoms with Gasteiger partial charge in [0.05, 0.1) is 31.2 Å². The minimum absolute atomic E-state index is 0.232. The first kappa shape index (κ1) is 16.7. The van der Waals surface area contributed by atoms with Crippen molar-refractivity contribution in [1.29, 1.82) is 0 Å². The number of rotatable bonds is 8. The maximum absolute atomic E-state index is 11.8. The first-order valence-corrected chi connectivity index (χ1v) is 6.93. The molecule has 0 bridgehead atoms. The number of likely N-dealkylation sites (N-methyl/N-ethyl adjacent to an activating group) is 1. The lowest BCUT2D eigenvalue weighted by Crippen LogP contribution is -2.26. The van der Waals surface area contributed by atoms with Gasteiger partial charge in [-0.3, -0.25) is 9.58 Å². The predicted molar refractivity (Wildman–Crippen MR) is 76.6 cm³/mol. The van der Waals surface area contributed by atoms with Gasteiger partial charge < -0.3 is 9.47 Å². The summed E-state index contributed by atoms with van der Waals surface area (Å²) < 4.78 is 12.3. The van der Waals surface area contributed by atoms with Gasteiger partial charge in [-0.25, -0.2) is 4.79 Å². The van der Waals surface area contributed by atoms with Crippen LogP contribution in [0.1, 0.15) is 36.8 Å². The lowest BCUT2D eigenvalue weighted by atomic mass is 10.2. The zero-order chi connectivity index (χ0) is 15.1. The number of aromatic nitrogens is 2.